The normalized spacial score (nSPS) is 15.6. The Bertz CT molecular complexity index is 870. The van der Waals surface area contributed by atoms with Crippen LogP contribution >= 0.6 is 0 Å². The van der Waals surface area contributed by atoms with E-state index in [0.29, 0.717) is 12.5 Å². The highest BCUT2D eigenvalue weighted by Gasteiger charge is 2.19. The fourth-order valence-corrected chi connectivity index (χ4v) is 3.19. The first kappa shape index (κ1) is 16.8. The van der Waals surface area contributed by atoms with E-state index in [2.05, 4.69) is 25.7 Å². The lowest BCUT2D eigenvalue weighted by Crippen LogP contribution is -2.23. The second-order valence-electron chi connectivity index (χ2n) is 6.98. The molecule has 0 unspecified atom stereocenters. The maximum Gasteiger partial charge on any atom is 0.226 e. The molecule has 7 heteroatoms. The van der Waals surface area contributed by atoms with Crippen LogP contribution in [-0.2, 0) is 7.05 Å². The Morgan fingerprint density at radius 3 is 2.73 bits per heavy atom. The van der Waals surface area contributed by atoms with Gasteiger partial charge in [0.05, 0.1) is 11.6 Å². The Morgan fingerprint density at radius 2 is 2.00 bits per heavy atom. The first-order valence-corrected chi connectivity index (χ1v) is 9.18. The van der Waals surface area contributed by atoms with Crippen LogP contribution in [0.25, 0.3) is 11.0 Å². The fraction of sp³-hybridized carbons (Fsp3) is 0.421. The molecule has 4 N–H and O–H groups in total. The Kier molecular flexibility index (Phi) is 4.71. The summed E-state index contributed by atoms with van der Waals surface area (Å²) in [6.07, 6.45) is 5.75. The van der Waals surface area contributed by atoms with Gasteiger partial charge < -0.3 is 16.4 Å². The zero-order valence-corrected chi connectivity index (χ0v) is 15.0. The summed E-state index contributed by atoms with van der Waals surface area (Å²) < 4.78 is 1.77. The number of rotatable bonds is 7. The van der Waals surface area contributed by atoms with E-state index >= 15 is 0 Å². The van der Waals surface area contributed by atoms with E-state index in [4.69, 9.17) is 5.73 Å². The Morgan fingerprint density at radius 1 is 1.19 bits per heavy atom. The third-order valence-electron chi connectivity index (χ3n) is 5.08. The van der Waals surface area contributed by atoms with E-state index in [-0.39, 0.29) is 6.04 Å². The van der Waals surface area contributed by atoms with E-state index in [1.54, 1.807) is 4.68 Å². The number of aryl methyl sites for hydroxylation is 1. The standard InChI is InChI=1S/C19H25N7/c1-26-18-15(11-23-26)17(21-10-13-6-5-7-13)24-19(25-18)22-12-16(20)14-8-3-2-4-9-14/h2-4,8-9,11,13,16H,5-7,10,12,20H2,1H3,(H2,21,22,24,25)/t16-/m0/s1. The molecule has 0 saturated heterocycles. The highest BCUT2D eigenvalue weighted by Crippen LogP contribution is 2.28. The minimum Gasteiger partial charge on any atom is -0.369 e. The fourth-order valence-electron chi connectivity index (χ4n) is 3.19. The molecule has 3 aromatic rings. The van der Waals surface area contributed by atoms with Gasteiger partial charge >= 0.3 is 0 Å². The molecule has 1 saturated carbocycles. The molecule has 1 fully saturated rings. The average Bonchev–Trinajstić information content (AvgIpc) is 3.00. The molecule has 136 valence electrons. The van der Waals surface area contributed by atoms with Gasteiger partial charge in [-0.25, -0.2) is 0 Å². The Hall–Kier alpha value is -2.67. The number of nitrogens with one attached hydrogen (secondary N) is 2. The van der Waals surface area contributed by atoms with Crippen LogP contribution in [-0.4, -0.2) is 32.8 Å². The lowest BCUT2D eigenvalue weighted by Gasteiger charge is -2.25. The number of benzene rings is 1. The molecule has 0 spiro atoms. The van der Waals surface area contributed by atoms with Gasteiger partial charge in [-0.05, 0) is 24.3 Å². The lowest BCUT2D eigenvalue weighted by atomic mass is 9.85. The second kappa shape index (κ2) is 7.29. The molecule has 1 aliphatic carbocycles. The van der Waals surface area contributed by atoms with Crippen LogP contribution in [0.15, 0.2) is 36.5 Å². The van der Waals surface area contributed by atoms with Crippen LogP contribution in [0, 0.1) is 5.92 Å². The first-order chi connectivity index (χ1) is 12.7. The van der Waals surface area contributed by atoms with Crippen LogP contribution < -0.4 is 16.4 Å². The minimum absolute atomic E-state index is 0.117. The van der Waals surface area contributed by atoms with Crippen molar-refractivity contribution < 1.29 is 0 Å². The third kappa shape index (κ3) is 3.48. The maximum atomic E-state index is 6.28. The monoisotopic (exact) mass is 351 g/mol. The smallest absolute Gasteiger partial charge is 0.226 e. The summed E-state index contributed by atoms with van der Waals surface area (Å²) in [4.78, 5) is 9.27. The number of aromatic nitrogens is 4. The van der Waals surface area contributed by atoms with Crippen molar-refractivity contribution in [2.24, 2.45) is 18.7 Å². The summed E-state index contributed by atoms with van der Waals surface area (Å²) in [6, 6.07) is 9.93. The number of hydrogen-bond donors (Lipinski definition) is 3. The van der Waals surface area contributed by atoms with Crippen LogP contribution in [0.3, 0.4) is 0 Å². The number of anilines is 2. The van der Waals surface area contributed by atoms with Gasteiger partial charge in [-0.3, -0.25) is 4.68 Å². The van der Waals surface area contributed by atoms with Gasteiger partial charge in [0.25, 0.3) is 0 Å². The molecule has 4 rings (SSSR count). The topological polar surface area (TPSA) is 93.7 Å². The molecule has 26 heavy (non-hydrogen) atoms. The van der Waals surface area contributed by atoms with Crippen molar-refractivity contribution in [3.63, 3.8) is 0 Å². The predicted molar refractivity (Wildman–Crippen MR) is 104 cm³/mol. The van der Waals surface area contributed by atoms with Gasteiger partial charge in [0, 0.05) is 26.2 Å². The van der Waals surface area contributed by atoms with Crippen molar-refractivity contribution in [1.29, 1.82) is 0 Å². The van der Waals surface area contributed by atoms with E-state index in [1.807, 2.05) is 43.6 Å². The third-order valence-corrected chi connectivity index (χ3v) is 5.08. The van der Waals surface area contributed by atoms with Gasteiger partial charge in [-0.2, -0.15) is 15.1 Å². The molecule has 7 nitrogen and oxygen atoms in total. The second-order valence-corrected chi connectivity index (χ2v) is 6.98. The van der Waals surface area contributed by atoms with E-state index < -0.39 is 0 Å². The summed E-state index contributed by atoms with van der Waals surface area (Å²) in [5.74, 6) is 2.16. The summed E-state index contributed by atoms with van der Waals surface area (Å²) >= 11 is 0. The Balaban J connectivity index is 1.51. The average molecular weight is 351 g/mol. The van der Waals surface area contributed by atoms with Crippen molar-refractivity contribution in [2.75, 3.05) is 23.7 Å². The molecule has 0 radical (unpaired) electrons. The molecule has 1 aromatic carbocycles. The molecule has 0 bridgehead atoms. The van der Waals surface area contributed by atoms with Crippen molar-refractivity contribution in [3.8, 4) is 0 Å². The van der Waals surface area contributed by atoms with Gasteiger partial charge in [0.2, 0.25) is 5.95 Å². The predicted octanol–water partition coefficient (Wildman–Crippen LogP) is 2.69. The number of hydrogen-bond acceptors (Lipinski definition) is 6. The summed E-state index contributed by atoms with van der Waals surface area (Å²) in [7, 11) is 1.89. The maximum absolute atomic E-state index is 6.28. The number of nitrogens with zero attached hydrogens (tertiary/aromatic N) is 4. The molecule has 0 aliphatic heterocycles. The minimum atomic E-state index is -0.117. The summed E-state index contributed by atoms with van der Waals surface area (Å²) in [6.45, 7) is 1.51. The number of fused-ring (bicyclic) bond motifs is 1. The van der Waals surface area contributed by atoms with E-state index in [1.165, 1.54) is 19.3 Å². The van der Waals surface area contributed by atoms with Crippen molar-refractivity contribution in [3.05, 3.63) is 42.1 Å². The number of nitrogens with two attached hydrogens (primary N) is 1. The van der Waals surface area contributed by atoms with Crippen LogP contribution in [0.2, 0.25) is 0 Å². The van der Waals surface area contributed by atoms with Gasteiger partial charge in [-0.15, -0.1) is 0 Å². The van der Waals surface area contributed by atoms with Crippen LogP contribution in [0.5, 0.6) is 0 Å². The molecule has 1 aliphatic rings. The lowest BCUT2D eigenvalue weighted by molar-refractivity contribution is 0.333. The van der Waals surface area contributed by atoms with Gasteiger partial charge in [-0.1, -0.05) is 36.8 Å². The quantitative estimate of drug-likeness (QED) is 0.606. The van der Waals surface area contributed by atoms with Crippen molar-refractivity contribution >= 4 is 22.8 Å². The molecule has 2 heterocycles. The highest BCUT2D eigenvalue weighted by molar-refractivity contribution is 5.87. The molecule has 0 amide bonds. The van der Waals surface area contributed by atoms with Crippen molar-refractivity contribution in [2.45, 2.75) is 25.3 Å². The zero-order valence-electron chi connectivity index (χ0n) is 15.0. The summed E-state index contributed by atoms with van der Waals surface area (Å²) in [5, 5.41) is 12.0. The highest BCUT2D eigenvalue weighted by atomic mass is 15.3. The molecular weight excluding hydrogens is 326 g/mol. The van der Waals surface area contributed by atoms with E-state index in [0.717, 1.165) is 34.9 Å². The summed E-state index contributed by atoms with van der Waals surface area (Å²) in [5.41, 5.74) is 8.18. The zero-order chi connectivity index (χ0) is 17.9. The van der Waals surface area contributed by atoms with Gasteiger partial charge in [0.1, 0.15) is 5.82 Å². The van der Waals surface area contributed by atoms with Crippen molar-refractivity contribution in [1.82, 2.24) is 19.7 Å². The van der Waals surface area contributed by atoms with Crippen LogP contribution in [0.4, 0.5) is 11.8 Å². The van der Waals surface area contributed by atoms with E-state index in [9.17, 15) is 0 Å². The van der Waals surface area contributed by atoms with Gasteiger partial charge in [0.15, 0.2) is 5.65 Å². The Labute approximate surface area is 153 Å². The molecular formula is C19H25N7. The largest absolute Gasteiger partial charge is 0.369 e. The first-order valence-electron chi connectivity index (χ1n) is 9.18. The van der Waals surface area contributed by atoms with Crippen LogP contribution in [0.1, 0.15) is 30.9 Å². The molecule has 1 atom stereocenters. The molecule has 2 aromatic heterocycles. The SMILES string of the molecule is Cn1ncc2c(NCC3CCC3)nc(NC[C@H](N)c3ccccc3)nc21.